The van der Waals surface area contributed by atoms with E-state index in [1.54, 1.807) is 0 Å². The molecule has 6 N–H and O–H groups in total. The Balaban J connectivity index is 2.58. The molecule has 0 saturated carbocycles. The number of rotatable bonds is 18. The molecule has 7 atom stereocenters. The minimum Gasteiger partial charge on any atom is -0.394 e. The third kappa shape index (κ3) is 16.4. The van der Waals surface area contributed by atoms with Gasteiger partial charge in [-0.25, -0.2) is 9.13 Å². The zero-order valence-electron chi connectivity index (χ0n) is 25.8. The number of carbonyl (C=O) groups excluding carboxylic acids is 1. The van der Waals surface area contributed by atoms with Crippen molar-refractivity contribution < 1.29 is 57.1 Å². The standard InChI is InChI=1S/C28H49NO12P2/c1-19(2)10-7-11-20(3)12-8-13-21(4)14-9-15-22(5)16-17-38-42(34,35)41-43(36,37)40-28-25(29-23(6)31)27(33)26(32)24(18-30)39-28/h10,12,14,16,24-28,30,32-33H,7-9,11,13,15,17-18H2,1-6H3,(H,29,31)(H,34,35)(H,36,37)/b20-12-,21-14-,22-16-/t24-,25-,26-,27-,28-/m1/s1. The summed E-state index contributed by atoms with van der Waals surface area (Å²) in [5, 5.41) is 31.8. The van der Waals surface area contributed by atoms with Crippen LogP contribution in [0.15, 0.2) is 46.6 Å². The van der Waals surface area contributed by atoms with Gasteiger partial charge < -0.3 is 35.2 Å². The fourth-order valence-corrected chi connectivity index (χ4v) is 6.22. The zero-order valence-corrected chi connectivity index (χ0v) is 27.6. The smallest absolute Gasteiger partial charge is 0.394 e. The number of phosphoric acid groups is 2. The molecule has 43 heavy (non-hydrogen) atoms. The second-order valence-electron chi connectivity index (χ2n) is 10.9. The average Bonchev–Trinajstić information content (AvgIpc) is 2.87. The molecule has 1 saturated heterocycles. The van der Waals surface area contributed by atoms with Gasteiger partial charge in [-0.05, 0) is 73.1 Å². The van der Waals surface area contributed by atoms with Gasteiger partial charge in [0.25, 0.3) is 0 Å². The van der Waals surface area contributed by atoms with Crippen LogP contribution >= 0.6 is 15.6 Å². The SMILES string of the molecule is CC(=O)N[C@H]1[C@@H](OP(=O)(O)OP(=O)(O)OC/C=C(/C)CC/C=C(/C)CC/C=C(/C)CCC=C(C)C)O[C@H](CO)[C@@H](O)[C@@H]1O. The quantitative estimate of drug-likeness (QED) is 0.0905. The molecular weight excluding hydrogens is 604 g/mol. The first-order chi connectivity index (χ1) is 20.0. The molecular formula is C28H49NO12P2. The average molecular weight is 654 g/mol. The highest BCUT2D eigenvalue weighted by Gasteiger charge is 2.49. The largest absolute Gasteiger partial charge is 0.483 e. The van der Waals surface area contributed by atoms with Crippen LogP contribution in [0.3, 0.4) is 0 Å². The number of aliphatic hydroxyl groups is 3. The Hall–Kier alpha value is -1.47. The molecule has 0 aromatic rings. The highest BCUT2D eigenvalue weighted by Crippen LogP contribution is 2.61. The van der Waals surface area contributed by atoms with Crippen molar-refractivity contribution in [1.82, 2.24) is 5.32 Å². The molecule has 15 heteroatoms. The van der Waals surface area contributed by atoms with Gasteiger partial charge >= 0.3 is 15.6 Å². The van der Waals surface area contributed by atoms with Gasteiger partial charge in [0.05, 0.1) is 13.2 Å². The van der Waals surface area contributed by atoms with Crippen LogP contribution in [0.2, 0.25) is 0 Å². The van der Waals surface area contributed by atoms with Crippen molar-refractivity contribution in [3.63, 3.8) is 0 Å². The lowest BCUT2D eigenvalue weighted by atomic mass is 9.97. The summed E-state index contributed by atoms with van der Waals surface area (Å²) in [6.45, 7) is 10.1. The summed E-state index contributed by atoms with van der Waals surface area (Å²) < 4.78 is 43.8. The molecule has 1 aliphatic rings. The van der Waals surface area contributed by atoms with Crippen LogP contribution in [0.5, 0.6) is 0 Å². The Morgan fingerprint density at radius 3 is 1.81 bits per heavy atom. The van der Waals surface area contributed by atoms with E-state index in [-0.39, 0.29) is 0 Å². The molecule has 1 amide bonds. The third-order valence-electron chi connectivity index (χ3n) is 6.52. The summed E-state index contributed by atoms with van der Waals surface area (Å²) in [6, 6.07) is -1.57. The maximum absolute atomic E-state index is 12.5. The number of phosphoric ester groups is 2. The van der Waals surface area contributed by atoms with E-state index in [1.165, 1.54) is 22.8 Å². The highest BCUT2D eigenvalue weighted by atomic mass is 31.3. The minimum absolute atomic E-state index is 0.398. The first-order valence-corrected chi connectivity index (χ1v) is 17.1. The molecule has 248 valence electrons. The zero-order chi connectivity index (χ0) is 32.8. The maximum Gasteiger partial charge on any atom is 0.483 e. The summed E-state index contributed by atoms with van der Waals surface area (Å²) in [5.74, 6) is -0.706. The molecule has 0 bridgehead atoms. The Bertz CT molecular complexity index is 1120. The van der Waals surface area contributed by atoms with Crippen LogP contribution < -0.4 is 5.32 Å². The van der Waals surface area contributed by atoms with Gasteiger partial charge in [-0.3, -0.25) is 13.8 Å². The number of nitrogens with one attached hydrogen (secondary N) is 1. The van der Waals surface area contributed by atoms with Crippen LogP contribution in [0.1, 0.15) is 80.1 Å². The number of amides is 1. The molecule has 0 aromatic carbocycles. The third-order valence-corrected chi connectivity index (χ3v) is 9.12. The lowest BCUT2D eigenvalue weighted by molar-refractivity contribution is -0.247. The lowest BCUT2D eigenvalue weighted by Crippen LogP contribution is -2.64. The van der Waals surface area contributed by atoms with Gasteiger partial charge in [0.15, 0.2) is 6.29 Å². The summed E-state index contributed by atoms with van der Waals surface area (Å²) in [6.07, 6.45) is 6.84. The van der Waals surface area contributed by atoms with Gasteiger partial charge in [-0.1, -0.05) is 46.6 Å². The fraction of sp³-hybridized carbons (Fsp3) is 0.679. The monoisotopic (exact) mass is 653 g/mol. The molecule has 0 aliphatic carbocycles. The Kier molecular flexibility index (Phi) is 17.6. The summed E-state index contributed by atoms with van der Waals surface area (Å²) in [7, 11) is -10.5. The van der Waals surface area contributed by atoms with Crippen LogP contribution in [-0.2, 0) is 32.0 Å². The van der Waals surface area contributed by atoms with Crippen LogP contribution in [0.4, 0.5) is 0 Å². The summed E-state index contributed by atoms with van der Waals surface area (Å²) >= 11 is 0. The van der Waals surface area contributed by atoms with E-state index in [2.05, 4.69) is 55.6 Å². The Morgan fingerprint density at radius 1 is 0.814 bits per heavy atom. The number of allylic oxidation sites excluding steroid dienone is 7. The number of aliphatic hydroxyl groups excluding tert-OH is 3. The van der Waals surface area contributed by atoms with Gasteiger partial charge in [0.2, 0.25) is 5.91 Å². The lowest BCUT2D eigenvalue weighted by Gasteiger charge is -2.42. The molecule has 1 heterocycles. The van der Waals surface area contributed by atoms with Crippen molar-refractivity contribution in [2.75, 3.05) is 13.2 Å². The van der Waals surface area contributed by atoms with E-state index in [9.17, 15) is 39.0 Å². The number of hydrogen-bond acceptors (Lipinski definition) is 10. The second-order valence-corrected chi connectivity index (χ2v) is 13.9. The molecule has 0 radical (unpaired) electrons. The van der Waals surface area contributed by atoms with Gasteiger partial charge in [-0.2, -0.15) is 4.31 Å². The predicted molar refractivity (Wildman–Crippen MR) is 162 cm³/mol. The number of carbonyl (C=O) groups is 1. The summed E-state index contributed by atoms with van der Waals surface area (Å²) in [4.78, 5) is 31.5. The molecule has 13 nitrogen and oxygen atoms in total. The highest BCUT2D eigenvalue weighted by molar-refractivity contribution is 7.61. The maximum atomic E-state index is 12.5. The normalized spacial score (nSPS) is 26.4. The van der Waals surface area contributed by atoms with Crippen molar-refractivity contribution >= 4 is 21.6 Å². The van der Waals surface area contributed by atoms with Crippen molar-refractivity contribution in [1.29, 1.82) is 0 Å². The Morgan fingerprint density at radius 2 is 1.33 bits per heavy atom. The van der Waals surface area contributed by atoms with Crippen LogP contribution in [0, 0.1) is 0 Å². The van der Waals surface area contributed by atoms with Crippen molar-refractivity contribution in [2.24, 2.45) is 0 Å². The molecule has 0 spiro atoms. The van der Waals surface area contributed by atoms with E-state index in [0.29, 0.717) is 6.42 Å². The summed E-state index contributed by atoms with van der Waals surface area (Å²) in [5.41, 5.74) is 4.83. The topological polar surface area (TPSA) is 201 Å². The van der Waals surface area contributed by atoms with Crippen molar-refractivity contribution in [3.8, 4) is 0 Å². The van der Waals surface area contributed by atoms with E-state index >= 15 is 0 Å². The van der Waals surface area contributed by atoms with Gasteiger partial charge in [0.1, 0.15) is 24.4 Å². The molecule has 0 aromatic heterocycles. The van der Waals surface area contributed by atoms with Crippen LogP contribution in [-0.4, -0.2) is 74.9 Å². The molecule has 1 fully saturated rings. The molecule has 1 aliphatic heterocycles. The predicted octanol–water partition coefficient (Wildman–Crippen LogP) is 4.33. The number of hydrogen-bond donors (Lipinski definition) is 6. The Labute approximate surface area is 254 Å². The first-order valence-electron chi connectivity index (χ1n) is 14.2. The van der Waals surface area contributed by atoms with Crippen molar-refractivity contribution in [3.05, 3.63) is 46.6 Å². The van der Waals surface area contributed by atoms with E-state index < -0.39 is 65.4 Å². The molecule has 2 unspecified atom stereocenters. The van der Waals surface area contributed by atoms with E-state index in [0.717, 1.165) is 44.6 Å². The molecule has 1 rings (SSSR count). The minimum atomic E-state index is -5.39. The van der Waals surface area contributed by atoms with E-state index in [1.807, 2.05) is 6.92 Å². The van der Waals surface area contributed by atoms with Crippen molar-refractivity contribution in [2.45, 2.75) is 111 Å². The fourth-order valence-electron chi connectivity index (χ4n) is 4.13. The van der Waals surface area contributed by atoms with Crippen LogP contribution in [0.25, 0.3) is 0 Å². The van der Waals surface area contributed by atoms with Gasteiger partial charge in [-0.15, -0.1) is 0 Å². The first kappa shape index (κ1) is 39.6. The number of ether oxygens (including phenoxy) is 1. The second kappa shape index (κ2) is 19.1. The van der Waals surface area contributed by atoms with Gasteiger partial charge in [0, 0.05) is 6.92 Å². The van der Waals surface area contributed by atoms with E-state index in [4.69, 9.17) is 13.8 Å².